The van der Waals surface area contributed by atoms with Crippen LogP contribution >= 0.6 is 0 Å². The third-order valence-electron chi connectivity index (χ3n) is 4.63. The highest BCUT2D eigenvalue weighted by molar-refractivity contribution is 5.98. The van der Waals surface area contributed by atoms with E-state index >= 15 is 0 Å². The molecule has 1 fully saturated rings. The average Bonchev–Trinajstić information content (AvgIpc) is 2.61. The summed E-state index contributed by atoms with van der Waals surface area (Å²) in [6.45, 7) is 2.24. The fourth-order valence-corrected chi connectivity index (χ4v) is 3.38. The molecule has 1 heterocycles. The lowest BCUT2D eigenvalue weighted by molar-refractivity contribution is 0.0811. The average molecular weight is 343 g/mol. The Bertz CT molecular complexity index is 762. The molecule has 1 aliphatic rings. The van der Waals surface area contributed by atoms with E-state index in [0.29, 0.717) is 18.7 Å². The summed E-state index contributed by atoms with van der Waals surface area (Å²) >= 11 is 0. The molecule has 1 N–H and O–H groups in total. The molecule has 25 heavy (non-hydrogen) atoms. The van der Waals surface area contributed by atoms with Crippen LogP contribution in [0.1, 0.15) is 28.8 Å². The Morgan fingerprint density at radius 1 is 1.32 bits per heavy atom. The second kappa shape index (κ2) is 7.66. The molecule has 1 saturated heterocycles. The van der Waals surface area contributed by atoms with Crippen molar-refractivity contribution in [1.82, 2.24) is 4.90 Å². The maximum Gasteiger partial charge on any atom is 0.167 e. The van der Waals surface area contributed by atoms with Crippen molar-refractivity contribution in [3.05, 3.63) is 59.4 Å². The molecule has 5 heteroatoms. The summed E-state index contributed by atoms with van der Waals surface area (Å²) in [6.07, 6.45) is 1.73. The minimum atomic E-state index is -0.513. The Labute approximate surface area is 146 Å². The first-order valence-electron chi connectivity index (χ1n) is 8.45. The minimum Gasteiger partial charge on any atom is -0.508 e. The maximum absolute atomic E-state index is 13.9. The zero-order valence-corrected chi connectivity index (χ0v) is 14.2. The van der Waals surface area contributed by atoms with Gasteiger partial charge >= 0.3 is 0 Å². The van der Waals surface area contributed by atoms with Crippen molar-refractivity contribution in [2.24, 2.45) is 5.92 Å². The normalized spacial score (nSPS) is 18.1. The predicted molar refractivity (Wildman–Crippen MR) is 93.4 cm³/mol. The van der Waals surface area contributed by atoms with Gasteiger partial charge in [0, 0.05) is 24.6 Å². The molecule has 2 aromatic rings. The number of ketones is 1. The highest BCUT2D eigenvalue weighted by Gasteiger charge is 2.27. The number of Topliss-reactive ketones (excluding diaryl/α,β-unsaturated/α-hetero) is 1. The van der Waals surface area contributed by atoms with Crippen LogP contribution < -0.4 is 4.74 Å². The van der Waals surface area contributed by atoms with Gasteiger partial charge in [0.25, 0.3) is 0 Å². The molecule has 0 unspecified atom stereocenters. The van der Waals surface area contributed by atoms with Crippen molar-refractivity contribution in [3.8, 4) is 11.5 Å². The quantitative estimate of drug-likeness (QED) is 0.842. The van der Waals surface area contributed by atoms with Gasteiger partial charge in [-0.1, -0.05) is 12.1 Å². The van der Waals surface area contributed by atoms with Gasteiger partial charge in [-0.15, -0.1) is 0 Å². The van der Waals surface area contributed by atoms with Crippen molar-refractivity contribution < 1.29 is 19.0 Å². The topological polar surface area (TPSA) is 49.8 Å². The van der Waals surface area contributed by atoms with Crippen LogP contribution in [0.2, 0.25) is 0 Å². The van der Waals surface area contributed by atoms with Crippen LogP contribution in [0.3, 0.4) is 0 Å². The molecule has 0 spiro atoms. The highest BCUT2D eigenvalue weighted by Crippen LogP contribution is 2.25. The fraction of sp³-hybridized carbons (Fsp3) is 0.350. The van der Waals surface area contributed by atoms with E-state index in [1.165, 1.54) is 19.2 Å². The van der Waals surface area contributed by atoms with Crippen LogP contribution in [0, 0.1) is 11.7 Å². The molecular formula is C20H22FNO3. The predicted octanol–water partition coefficient (Wildman–Crippen LogP) is 3.63. The number of likely N-dealkylation sites (tertiary alicyclic amines) is 1. The summed E-state index contributed by atoms with van der Waals surface area (Å²) in [4.78, 5) is 14.9. The number of carbonyl (C=O) groups is 1. The van der Waals surface area contributed by atoms with E-state index in [0.717, 1.165) is 24.9 Å². The smallest absolute Gasteiger partial charge is 0.167 e. The number of aromatic hydroxyl groups is 1. The zero-order valence-electron chi connectivity index (χ0n) is 14.2. The van der Waals surface area contributed by atoms with Gasteiger partial charge < -0.3 is 9.84 Å². The van der Waals surface area contributed by atoms with Gasteiger partial charge in [0.1, 0.15) is 5.75 Å². The molecule has 2 aromatic carbocycles. The number of ether oxygens (including phenoxy) is 1. The Balaban J connectivity index is 1.68. The Morgan fingerprint density at radius 3 is 2.88 bits per heavy atom. The highest BCUT2D eigenvalue weighted by atomic mass is 19.1. The van der Waals surface area contributed by atoms with Gasteiger partial charge in [-0.2, -0.15) is 0 Å². The standard InChI is InChI=1S/C20H22FNO3/c1-25-19-8-7-15(11-18(19)21)20(24)16-5-3-9-22(13-16)12-14-4-2-6-17(23)10-14/h2,4,6-8,10-11,16,23H,3,5,9,12-13H2,1H3/t16-/m0/s1. The number of nitrogens with zero attached hydrogens (tertiary/aromatic N) is 1. The van der Waals surface area contributed by atoms with Crippen LogP contribution in [0.15, 0.2) is 42.5 Å². The second-order valence-electron chi connectivity index (χ2n) is 6.46. The van der Waals surface area contributed by atoms with Crippen molar-refractivity contribution in [1.29, 1.82) is 0 Å². The molecule has 0 aromatic heterocycles. The van der Waals surface area contributed by atoms with E-state index in [9.17, 15) is 14.3 Å². The van der Waals surface area contributed by atoms with Gasteiger partial charge in [-0.05, 0) is 55.3 Å². The van der Waals surface area contributed by atoms with Gasteiger partial charge in [0.15, 0.2) is 17.3 Å². The minimum absolute atomic E-state index is 0.0258. The van der Waals surface area contributed by atoms with Crippen molar-refractivity contribution in [2.45, 2.75) is 19.4 Å². The summed E-state index contributed by atoms with van der Waals surface area (Å²) < 4.78 is 18.8. The first-order chi connectivity index (χ1) is 12.1. The lowest BCUT2D eigenvalue weighted by Gasteiger charge is -2.32. The molecule has 0 saturated carbocycles. The Hall–Kier alpha value is -2.40. The number of hydrogen-bond acceptors (Lipinski definition) is 4. The Kier molecular flexibility index (Phi) is 5.34. The van der Waals surface area contributed by atoms with E-state index in [1.54, 1.807) is 18.2 Å². The van der Waals surface area contributed by atoms with Gasteiger partial charge in [-0.3, -0.25) is 9.69 Å². The molecule has 4 nitrogen and oxygen atoms in total. The first-order valence-corrected chi connectivity index (χ1v) is 8.45. The summed E-state index contributed by atoms with van der Waals surface area (Å²) in [5, 5.41) is 9.58. The van der Waals surface area contributed by atoms with E-state index in [-0.39, 0.29) is 23.2 Å². The van der Waals surface area contributed by atoms with E-state index in [4.69, 9.17) is 4.74 Å². The van der Waals surface area contributed by atoms with Gasteiger partial charge in [0.05, 0.1) is 7.11 Å². The molecule has 1 aliphatic heterocycles. The van der Waals surface area contributed by atoms with Crippen molar-refractivity contribution in [2.75, 3.05) is 20.2 Å². The van der Waals surface area contributed by atoms with Gasteiger partial charge in [-0.25, -0.2) is 4.39 Å². The second-order valence-corrected chi connectivity index (χ2v) is 6.46. The summed E-state index contributed by atoms with van der Waals surface area (Å²) in [5.41, 5.74) is 1.41. The molecule has 3 rings (SSSR count). The first kappa shape index (κ1) is 17.4. The summed E-state index contributed by atoms with van der Waals surface area (Å²) in [5.74, 6) is -0.289. The maximum atomic E-state index is 13.9. The third-order valence-corrected chi connectivity index (χ3v) is 4.63. The molecule has 0 amide bonds. The monoisotopic (exact) mass is 343 g/mol. The van der Waals surface area contributed by atoms with Gasteiger partial charge in [0.2, 0.25) is 0 Å². The Morgan fingerprint density at radius 2 is 2.16 bits per heavy atom. The van der Waals surface area contributed by atoms with Crippen LogP contribution in [0.25, 0.3) is 0 Å². The van der Waals surface area contributed by atoms with Crippen LogP contribution in [0.5, 0.6) is 11.5 Å². The summed E-state index contributed by atoms with van der Waals surface area (Å²) in [7, 11) is 1.40. The molecule has 0 bridgehead atoms. The largest absolute Gasteiger partial charge is 0.508 e. The molecule has 0 radical (unpaired) electrons. The number of phenolic OH excluding ortho intramolecular Hbond substituents is 1. The van der Waals surface area contributed by atoms with E-state index < -0.39 is 5.82 Å². The van der Waals surface area contributed by atoms with E-state index in [2.05, 4.69) is 4.90 Å². The number of phenols is 1. The van der Waals surface area contributed by atoms with Crippen LogP contribution in [-0.2, 0) is 6.54 Å². The number of benzene rings is 2. The number of piperidine rings is 1. The van der Waals surface area contributed by atoms with Crippen LogP contribution in [0.4, 0.5) is 4.39 Å². The molecule has 1 atom stereocenters. The number of methoxy groups -OCH3 is 1. The van der Waals surface area contributed by atoms with Crippen LogP contribution in [-0.4, -0.2) is 36.0 Å². The zero-order chi connectivity index (χ0) is 17.8. The summed E-state index contributed by atoms with van der Waals surface area (Å²) in [6, 6.07) is 11.5. The fourth-order valence-electron chi connectivity index (χ4n) is 3.38. The molecular weight excluding hydrogens is 321 g/mol. The molecule has 132 valence electrons. The van der Waals surface area contributed by atoms with E-state index in [1.807, 2.05) is 12.1 Å². The number of halogens is 1. The lowest BCUT2D eigenvalue weighted by Crippen LogP contribution is -2.38. The number of hydrogen-bond donors (Lipinski definition) is 1. The SMILES string of the molecule is COc1ccc(C(=O)[C@H]2CCCN(Cc3cccc(O)c3)C2)cc1F. The number of carbonyl (C=O) groups excluding carboxylic acids is 1. The molecule has 0 aliphatic carbocycles. The lowest BCUT2D eigenvalue weighted by atomic mass is 9.89. The van der Waals surface area contributed by atoms with Crippen molar-refractivity contribution >= 4 is 5.78 Å². The number of rotatable bonds is 5. The third kappa shape index (κ3) is 4.17. The van der Waals surface area contributed by atoms with Crippen molar-refractivity contribution in [3.63, 3.8) is 0 Å².